The Bertz CT molecular complexity index is 918. The molecule has 2 aliphatic rings. The van der Waals surface area contributed by atoms with Crippen LogP contribution in [-0.2, 0) is 9.59 Å². The molecular weight excluding hydrogens is 374 g/mol. The van der Waals surface area contributed by atoms with Gasteiger partial charge in [-0.05, 0) is 50.8 Å². The predicted molar refractivity (Wildman–Crippen MR) is 118 cm³/mol. The van der Waals surface area contributed by atoms with E-state index in [1.807, 2.05) is 9.80 Å². The number of piperidine rings is 2. The highest BCUT2D eigenvalue weighted by atomic mass is 16.2. The number of benzene rings is 1. The third kappa shape index (κ3) is 4.55. The summed E-state index contributed by atoms with van der Waals surface area (Å²) in [5.41, 5.74) is 4.44. The van der Waals surface area contributed by atoms with Crippen molar-refractivity contribution in [1.29, 1.82) is 0 Å². The van der Waals surface area contributed by atoms with E-state index in [2.05, 4.69) is 49.4 Å². The van der Waals surface area contributed by atoms with Crippen LogP contribution in [0.15, 0.2) is 42.5 Å². The first-order valence-corrected chi connectivity index (χ1v) is 11.1. The van der Waals surface area contributed by atoms with Crippen molar-refractivity contribution in [1.82, 2.24) is 14.8 Å². The Hall–Kier alpha value is -2.69. The molecule has 158 valence electrons. The molecule has 0 spiro atoms. The summed E-state index contributed by atoms with van der Waals surface area (Å²) in [5.74, 6) is 0.701. The van der Waals surface area contributed by atoms with Gasteiger partial charge in [0.25, 0.3) is 0 Å². The second-order valence-electron chi connectivity index (χ2n) is 8.72. The predicted octanol–water partition coefficient (Wildman–Crippen LogP) is 4.02. The van der Waals surface area contributed by atoms with Gasteiger partial charge in [0, 0.05) is 56.2 Å². The quantitative estimate of drug-likeness (QED) is 0.775. The van der Waals surface area contributed by atoms with Crippen molar-refractivity contribution in [3.8, 4) is 11.3 Å². The van der Waals surface area contributed by atoms with Crippen LogP contribution in [0.2, 0.25) is 0 Å². The van der Waals surface area contributed by atoms with E-state index < -0.39 is 0 Å². The zero-order chi connectivity index (χ0) is 21.1. The van der Waals surface area contributed by atoms with E-state index in [9.17, 15) is 9.59 Å². The van der Waals surface area contributed by atoms with Crippen LogP contribution in [0, 0.1) is 12.8 Å². The Morgan fingerprint density at radius 1 is 0.967 bits per heavy atom. The molecule has 1 unspecified atom stereocenters. The monoisotopic (exact) mass is 405 g/mol. The number of aromatic nitrogens is 1. The summed E-state index contributed by atoms with van der Waals surface area (Å²) in [5, 5.41) is 0. The average Bonchev–Trinajstić information content (AvgIpc) is 2.79. The van der Waals surface area contributed by atoms with E-state index in [0.29, 0.717) is 13.1 Å². The Balaban J connectivity index is 1.44. The van der Waals surface area contributed by atoms with Crippen molar-refractivity contribution in [3.63, 3.8) is 0 Å². The maximum atomic E-state index is 13.1. The third-order valence-electron chi connectivity index (χ3n) is 6.53. The van der Waals surface area contributed by atoms with Crippen LogP contribution >= 0.6 is 0 Å². The fourth-order valence-corrected chi connectivity index (χ4v) is 4.76. The molecule has 2 aliphatic heterocycles. The van der Waals surface area contributed by atoms with Crippen LogP contribution in [0.5, 0.6) is 0 Å². The van der Waals surface area contributed by atoms with Gasteiger partial charge in [-0.25, -0.2) is 0 Å². The van der Waals surface area contributed by atoms with E-state index >= 15 is 0 Å². The summed E-state index contributed by atoms with van der Waals surface area (Å²) in [6.45, 7) is 6.68. The van der Waals surface area contributed by atoms with Gasteiger partial charge in [0.1, 0.15) is 0 Å². The zero-order valence-electron chi connectivity index (χ0n) is 18.0. The minimum absolute atomic E-state index is 0.0472. The normalized spacial score (nSPS) is 20.3. The van der Waals surface area contributed by atoms with Crippen LogP contribution in [-0.4, -0.2) is 52.8 Å². The lowest BCUT2D eigenvalue weighted by molar-refractivity contribution is -0.141. The minimum Gasteiger partial charge on any atom is -0.343 e. The first-order valence-electron chi connectivity index (χ1n) is 11.1. The lowest BCUT2D eigenvalue weighted by Crippen LogP contribution is -2.46. The van der Waals surface area contributed by atoms with Crippen LogP contribution in [0.3, 0.4) is 0 Å². The number of hydrogen-bond donors (Lipinski definition) is 0. The number of hydrogen-bond acceptors (Lipinski definition) is 3. The van der Waals surface area contributed by atoms with Crippen molar-refractivity contribution < 1.29 is 9.59 Å². The molecule has 1 aromatic heterocycles. The van der Waals surface area contributed by atoms with Crippen molar-refractivity contribution in [3.05, 3.63) is 53.7 Å². The third-order valence-corrected chi connectivity index (χ3v) is 6.53. The molecule has 2 saturated heterocycles. The summed E-state index contributed by atoms with van der Waals surface area (Å²) < 4.78 is 0. The van der Waals surface area contributed by atoms with Crippen LogP contribution in [0.25, 0.3) is 11.3 Å². The standard InChI is InChI=1S/C25H31N3O2/c1-18-6-3-7-21(16-18)23-9-4-10-24(26-23)22-8-5-13-28(17-22)25(30)20-11-14-27(15-12-20)19(2)29/h3-4,6-7,9-10,16,20,22H,5,8,11-15,17H2,1-2H3. The van der Waals surface area contributed by atoms with E-state index in [1.165, 1.54) is 5.56 Å². The van der Waals surface area contributed by atoms with Crippen LogP contribution in [0.4, 0.5) is 0 Å². The van der Waals surface area contributed by atoms with Gasteiger partial charge in [-0.1, -0.05) is 29.8 Å². The molecule has 0 radical (unpaired) electrons. The van der Waals surface area contributed by atoms with Gasteiger partial charge in [-0.15, -0.1) is 0 Å². The molecule has 1 aromatic carbocycles. The molecule has 2 amide bonds. The Morgan fingerprint density at radius 2 is 1.73 bits per heavy atom. The van der Waals surface area contributed by atoms with E-state index in [0.717, 1.165) is 55.7 Å². The maximum absolute atomic E-state index is 13.1. The van der Waals surface area contributed by atoms with Crippen molar-refractivity contribution in [2.24, 2.45) is 5.92 Å². The van der Waals surface area contributed by atoms with Crippen LogP contribution in [0.1, 0.15) is 49.8 Å². The molecule has 4 rings (SSSR count). The number of likely N-dealkylation sites (tertiary alicyclic amines) is 2. The first kappa shape index (κ1) is 20.6. The number of amides is 2. The number of aryl methyl sites for hydroxylation is 1. The number of carbonyl (C=O) groups is 2. The lowest BCUT2D eigenvalue weighted by Gasteiger charge is -2.37. The molecule has 2 aromatic rings. The summed E-state index contributed by atoms with van der Waals surface area (Å²) in [4.78, 5) is 33.5. The number of pyridine rings is 1. The van der Waals surface area contributed by atoms with Gasteiger partial charge in [-0.2, -0.15) is 0 Å². The summed E-state index contributed by atoms with van der Waals surface area (Å²) in [6, 6.07) is 14.7. The molecule has 30 heavy (non-hydrogen) atoms. The van der Waals surface area contributed by atoms with Crippen molar-refractivity contribution >= 4 is 11.8 Å². The molecule has 2 fully saturated rings. The second-order valence-corrected chi connectivity index (χ2v) is 8.72. The Labute approximate surface area is 179 Å². The van der Waals surface area contributed by atoms with Gasteiger partial charge in [0.15, 0.2) is 0 Å². The fourth-order valence-electron chi connectivity index (χ4n) is 4.76. The first-order chi connectivity index (χ1) is 14.5. The molecular formula is C25H31N3O2. The average molecular weight is 406 g/mol. The molecule has 5 nitrogen and oxygen atoms in total. The highest BCUT2D eigenvalue weighted by Gasteiger charge is 2.32. The Morgan fingerprint density at radius 3 is 2.47 bits per heavy atom. The largest absolute Gasteiger partial charge is 0.343 e. The van der Waals surface area contributed by atoms with Gasteiger partial charge >= 0.3 is 0 Å². The maximum Gasteiger partial charge on any atom is 0.225 e. The van der Waals surface area contributed by atoms with Gasteiger partial charge in [0.05, 0.1) is 5.69 Å². The topological polar surface area (TPSA) is 53.5 Å². The van der Waals surface area contributed by atoms with Crippen molar-refractivity contribution in [2.45, 2.75) is 45.4 Å². The number of rotatable bonds is 3. The highest BCUT2D eigenvalue weighted by molar-refractivity contribution is 5.80. The second kappa shape index (κ2) is 8.99. The summed E-state index contributed by atoms with van der Waals surface area (Å²) >= 11 is 0. The molecule has 5 heteroatoms. The smallest absolute Gasteiger partial charge is 0.225 e. The number of nitrogens with zero attached hydrogens (tertiary/aromatic N) is 3. The molecule has 3 heterocycles. The molecule has 1 atom stereocenters. The van der Waals surface area contributed by atoms with Crippen LogP contribution < -0.4 is 0 Å². The van der Waals surface area contributed by atoms with Gasteiger partial charge < -0.3 is 9.80 Å². The lowest BCUT2D eigenvalue weighted by atomic mass is 9.90. The fraction of sp³-hybridized carbons (Fsp3) is 0.480. The van der Waals surface area contributed by atoms with Gasteiger partial charge in [-0.3, -0.25) is 14.6 Å². The molecule has 0 N–H and O–H groups in total. The van der Waals surface area contributed by atoms with E-state index in [4.69, 9.17) is 4.98 Å². The minimum atomic E-state index is 0.0472. The summed E-state index contributed by atoms with van der Waals surface area (Å²) in [7, 11) is 0. The number of carbonyl (C=O) groups excluding carboxylic acids is 2. The van der Waals surface area contributed by atoms with Gasteiger partial charge in [0.2, 0.25) is 11.8 Å². The summed E-state index contributed by atoms with van der Waals surface area (Å²) in [6.07, 6.45) is 3.64. The van der Waals surface area contributed by atoms with E-state index in [-0.39, 0.29) is 23.7 Å². The van der Waals surface area contributed by atoms with E-state index in [1.54, 1.807) is 6.92 Å². The highest BCUT2D eigenvalue weighted by Crippen LogP contribution is 2.30. The molecule has 0 saturated carbocycles. The molecule has 0 bridgehead atoms. The molecule has 0 aliphatic carbocycles. The SMILES string of the molecule is CC(=O)N1CCC(C(=O)N2CCCC(c3cccc(-c4cccc(C)c4)n3)C2)CC1. The Kier molecular flexibility index (Phi) is 6.16. The zero-order valence-corrected chi connectivity index (χ0v) is 18.0. The van der Waals surface area contributed by atoms with Crippen molar-refractivity contribution in [2.75, 3.05) is 26.2 Å².